The van der Waals surface area contributed by atoms with Crippen molar-refractivity contribution >= 4 is 22.8 Å². The summed E-state index contributed by atoms with van der Waals surface area (Å²) in [5, 5.41) is 19.5. The quantitative estimate of drug-likeness (QED) is 0.546. The molecule has 0 fully saturated rings. The Morgan fingerprint density at radius 1 is 1.59 bits per heavy atom. The maximum absolute atomic E-state index is 9.17. The highest BCUT2D eigenvalue weighted by atomic mass is 16.5. The molecule has 0 bridgehead atoms. The summed E-state index contributed by atoms with van der Waals surface area (Å²) in [5.74, 6) is 0.663. The summed E-state index contributed by atoms with van der Waals surface area (Å²) in [4.78, 5) is 8.06. The molecule has 0 saturated heterocycles. The second-order valence-corrected chi connectivity index (χ2v) is 3.54. The van der Waals surface area contributed by atoms with Gasteiger partial charge in [0.25, 0.3) is 0 Å². The van der Waals surface area contributed by atoms with Crippen LogP contribution < -0.4 is 11.1 Å². The number of nitrogens with zero attached hydrogens (tertiary/aromatic N) is 3. The number of nitrogens with one attached hydrogen (secondary N) is 2. The van der Waals surface area contributed by atoms with E-state index in [2.05, 4.69) is 25.5 Å². The molecule has 2 aromatic heterocycles. The largest absolute Gasteiger partial charge is 0.394 e. The zero-order valence-electron chi connectivity index (χ0n) is 9.34. The van der Waals surface area contributed by atoms with Crippen LogP contribution in [0.25, 0.3) is 11.0 Å². The van der Waals surface area contributed by atoms with Crippen molar-refractivity contribution in [2.75, 3.05) is 31.4 Å². The van der Waals surface area contributed by atoms with Crippen molar-refractivity contribution in [3.8, 4) is 0 Å². The van der Waals surface area contributed by atoms with Crippen molar-refractivity contribution in [1.82, 2.24) is 20.2 Å². The number of H-pyrrole nitrogens is 1. The SMILES string of the molecule is COCC(CO)Nc1nc(N)nc2[nH]ncc12. The van der Waals surface area contributed by atoms with Crippen LogP contribution in [0.15, 0.2) is 6.20 Å². The average Bonchev–Trinajstić information content (AvgIpc) is 2.76. The van der Waals surface area contributed by atoms with Crippen LogP contribution in [0, 0.1) is 0 Å². The molecule has 17 heavy (non-hydrogen) atoms. The van der Waals surface area contributed by atoms with E-state index < -0.39 is 0 Å². The molecule has 5 N–H and O–H groups in total. The third-order valence-electron chi connectivity index (χ3n) is 2.26. The Bertz CT molecular complexity index is 499. The molecular weight excluding hydrogens is 224 g/mol. The van der Waals surface area contributed by atoms with Gasteiger partial charge in [0, 0.05) is 7.11 Å². The highest BCUT2D eigenvalue weighted by molar-refractivity contribution is 5.86. The van der Waals surface area contributed by atoms with Crippen LogP contribution in [0.3, 0.4) is 0 Å². The van der Waals surface area contributed by atoms with E-state index in [1.54, 1.807) is 13.3 Å². The number of rotatable bonds is 5. The topological polar surface area (TPSA) is 122 Å². The zero-order chi connectivity index (χ0) is 12.3. The number of aromatic amines is 1. The Morgan fingerprint density at radius 3 is 3.12 bits per heavy atom. The molecule has 0 aromatic carbocycles. The number of methoxy groups -OCH3 is 1. The Morgan fingerprint density at radius 2 is 2.41 bits per heavy atom. The fraction of sp³-hybridized carbons (Fsp3) is 0.444. The van der Waals surface area contributed by atoms with Crippen molar-refractivity contribution in [1.29, 1.82) is 0 Å². The maximum atomic E-state index is 9.17. The lowest BCUT2D eigenvalue weighted by Gasteiger charge is -2.16. The van der Waals surface area contributed by atoms with Crippen LogP contribution in [0.1, 0.15) is 0 Å². The Kier molecular flexibility index (Phi) is 3.35. The van der Waals surface area contributed by atoms with Gasteiger partial charge in [0.15, 0.2) is 5.65 Å². The molecule has 0 saturated carbocycles. The zero-order valence-corrected chi connectivity index (χ0v) is 9.34. The van der Waals surface area contributed by atoms with E-state index in [4.69, 9.17) is 15.6 Å². The first-order valence-electron chi connectivity index (χ1n) is 5.07. The maximum Gasteiger partial charge on any atom is 0.224 e. The summed E-state index contributed by atoms with van der Waals surface area (Å²) in [6.07, 6.45) is 1.60. The first kappa shape index (κ1) is 11.6. The number of aliphatic hydroxyl groups is 1. The Labute approximate surface area is 97.2 Å². The smallest absolute Gasteiger partial charge is 0.224 e. The minimum Gasteiger partial charge on any atom is -0.394 e. The van der Waals surface area contributed by atoms with E-state index in [9.17, 15) is 0 Å². The molecule has 0 radical (unpaired) electrons. The number of aliphatic hydroxyl groups excluding tert-OH is 1. The highest BCUT2D eigenvalue weighted by Crippen LogP contribution is 2.19. The Balaban J connectivity index is 2.30. The molecule has 8 heteroatoms. The number of fused-ring (bicyclic) bond motifs is 1. The van der Waals surface area contributed by atoms with Crippen LogP contribution in [0.4, 0.5) is 11.8 Å². The van der Waals surface area contributed by atoms with Gasteiger partial charge in [-0.3, -0.25) is 5.10 Å². The monoisotopic (exact) mass is 238 g/mol. The van der Waals surface area contributed by atoms with Gasteiger partial charge in [-0.1, -0.05) is 0 Å². The molecule has 0 aliphatic carbocycles. The molecule has 2 aromatic rings. The van der Waals surface area contributed by atoms with E-state index in [1.165, 1.54) is 0 Å². The van der Waals surface area contributed by atoms with Gasteiger partial charge in [-0.15, -0.1) is 0 Å². The minimum absolute atomic E-state index is 0.0723. The second kappa shape index (κ2) is 4.93. The number of hydrogen-bond donors (Lipinski definition) is 4. The molecule has 0 aliphatic heterocycles. The molecule has 0 aliphatic rings. The van der Waals surface area contributed by atoms with E-state index in [-0.39, 0.29) is 18.6 Å². The molecule has 0 amide bonds. The van der Waals surface area contributed by atoms with Crippen LogP contribution in [0.2, 0.25) is 0 Å². The summed E-state index contributed by atoms with van der Waals surface area (Å²) in [7, 11) is 1.56. The molecule has 8 nitrogen and oxygen atoms in total. The summed E-state index contributed by atoms with van der Waals surface area (Å²) < 4.78 is 4.97. The first-order valence-corrected chi connectivity index (χ1v) is 5.07. The summed E-state index contributed by atoms with van der Waals surface area (Å²) >= 11 is 0. The van der Waals surface area contributed by atoms with Crippen molar-refractivity contribution in [2.45, 2.75) is 6.04 Å². The number of nitrogens with two attached hydrogens (primary N) is 1. The number of hydrogen-bond acceptors (Lipinski definition) is 7. The molecule has 1 atom stereocenters. The molecule has 1 unspecified atom stereocenters. The van der Waals surface area contributed by atoms with Gasteiger partial charge in [-0.25, -0.2) is 0 Å². The van der Waals surface area contributed by atoms with E-state index in [1.807, 2.05) is 0 Å². The lowest BCUT2D eigenvalue weighted by Crippen LogP contribution is -2.29. The van der Waals surface area contributed by atoms with Gasteiger partial charge in [0.1, 0.15) is 5.82 Å². The standard InChI is InChI=1S/C9H14N6O2/c1-17-4-5(3-16)12-7-6-2-11-15-8(6)14-9(10)13-7/h2,5,16H,3-4H2,1H3,(H4,10,11,12,13,14,15). The summed E-state index contributed by atoms with van der Waals surface area (Å²) in [6, 6.07) is -0.257. The number of nitrogen functional groups attached to an aromatic ring is 1. The van der Waals surface area contributed by atoms with Gasteiger partial charge in [0.2, 0.25) is 5.95 Å². The fourth-order valence-electron chi connectivity index (χ4n) is 1.50. The third kappa shape index (κ3) is 2.43. The lowest BCUT2D eigenvalue weighted by atomic mass is 10.3. The Hall–Kier alpha value is -1.93. The normalized spacial score (nSPS) is 12.8. The predicted octanol–water partition coefficient (Wildman–Crippen LogP) is -0.646. The molecule has 2 heterocycles. The number of ether oxygens (including phenoxy) is 1. The lowest BCUT2D eigenvalue weighted by molar-refractivity contribution is 0.153. The average molecular weight is 238 g/mol. The van der Waals surface area contributed by atoms with Crippen LogP contribution in [0.5, 0.6) is 0 Å². The fourth-order valence-corrected chi connectivity index (χ4v) is 1.50. The third-order valence-corrected chi connectivity index (χ3v) is 2.26. The van der Waals surface area contributed by atoms with Crippen LogP contribution in [-0.2, 0) is 4.74 Å². The van der Waals surface area contributed by atoms with Gasteiger partial charge in [-0.2, -0.15) is 15.1 Å². The van der Waals surface area contributed by atoms with Crippen molar-refractivity contribution in [3.05, 3.63) is 6.20 Å². The van der Waals surface area contributed by atoms with Crippen molar-refractivity contribution < 1.29 is 9.84 Å². The first-order chi connectivity index (χ1) is 8.24. The van der Waals surface area contributed by atoms with Crippen LogP contribution in [-0.4, -0.2) is 51.6 Å². The van der Waals surface area contributed by atoms with Gasteiger partial charge in [0.05, 0.1) is 30.8 Å². The summed E-state index contributed by atoms with van der Waals surface area (Å²) in [5.41, 5.74) is 6.12. The van der Waals surface area contributed by atoms with E-state index in [0.717, 1.165) is 0 Å². The van der Waals surface area contributed by atoms with Crippen LogP contribution >= 0.6 is 0 Å². The second-order valence-electron chi connectivity index (χ2n) is 3.54. The predicted molar refractivity (Wildman–Crippen MR) is 62.5 cm³/mol. The number of aromatic nitrogens is 4. The molecular formula is C9H14N6O2. The van der Waals surface area contributed by atoms with E-state index in [0.29, 0.717) is 23.5 Å². The molecule has 92 valence electrons. The molecule has 2 rings (SSSR count). The number of anilines is 2. The minimum atomic E-state index is -0.257. The molecule has 0 spiro atoms. The van der Waals surface area contributed by atoms with Gasteiger partial charge < -0.3 is 20.9 Å². The van der Waals surface area contributed by atoms with E-state index >= 15 is 0 Å². The van der Waals surface area contributed by atoms with Crippen molar-refractivity contribution in [3.63, 3.8) is 0 Å². The van der Waals surface area contributed by atoms with Gasteiger partial charge >= 0.3 is 0 Å². The summed E-state index contributed by atoms with van der Waals surface area (Å²) in [6.45, 7) is 0.289. The van der Waals surface area contributed by atoms with Gasteiger partial charge in [-0.05, 0) is 0 Å². The van der Waals surface area contributed by atoms with Crippen molar-refractivity contribution in [2.24, 2.45) is 0 Å². The highest BCUT2D eigenvalue weighted by Gasteiger charge is 2.12.